The number of rotatable bonds is 7. The van der Waals surface area contributed by atoms with Crippen molar-refractivity contribution >= 4 is 29.1 Å². The fraction of sp³-hybridized carbons (Fsp3) is 0.533. The first-order valence-corrected chi connectivity index (χ1v) is 7.61. The van der Waals surface area contributed by atoms with Crippen LogP contribution >= 0.6 is 23.2 Å². The minimum Gasteiger partial charge on any atom is -0.352 e. The Balaban J connectivity index is 2.46. The highest BCUT2D eigenvalue weighted by molar-refractivity contribution is 6.35. The second-order valence-corrected chi connectivity index (χ2v) is 6.21. The number of aryl methyl sites for hydroxylation is 1. The summed E-state index contributed by atoms with van der Waals surface area (Å²) in [4.78, 5) is 11.9. The molecule has 1 aromatic rings. The highest BCUT2D eigenvalue weighted by atomic mass is 35.5. The zero-order valence-electron chi connectivity index (χ0n) is 12.0. The van der Waals surface area contributed by atoms with Gasteiger partial charge in [-0.15, -0.1) is 0 Å². The van der Waals surface area contributed by atoms with Gasteiger partial charge < -0.3 is 11.1 Å². The largest absolute Gasteiger partial charge is 0.352 e. The topological polar surface area (TPSA) is 55.1 Å². The van der Waals surface area contributed by atoms with Crippen LogP contribution < -0.4 is 11.1 Å². The van der Waals surface area contributed by atoms with E-state index in [1.807, 2.05) is 6.07 Å². The quantitative estimate of drug-likeness (QED) is 0.809. The summed E-state index contributed by atoms with van der Waals surface area (Å²) in [6.07, 6.45) is 1.89. The summed E-state index contributed by atoms with van der Waals surface area (Å²) in [6, 6.07) is 5.37. The number of carbonyl (C=O) groups excluding carboxylic acids is 1. The Morgan fingerprint density at radius 2 is 2.05 bits per heavy atom. The van der Waals surface area contributed by atoms with E-state index >= 15 is 0 Å². The van der Waals surface area contributed by atoms with Gasteiger partial charge in [0.1, 0.15) is 0 Å². The number of carbonyl (C=O) groups is 1. The summed E-state index contributed by atoms with van der Waals surface area (Å²) < 4.78 is 0. The number of benzene rings is 1. The van der Waals surface area contributed by atoms with E-state index in [-0.39, 0.29) is 11.9 Å². The standard InChI is InChI=1S/C15H22Cl2N2O/c1-10(2)7-13(9-18)19-15(20)6-4-11-3-5-12(16)8-14(11)17/h3,5,8,10,13H,4,6-7,9,18H2,1-2H3,(H,19,20). The van der Waals surface area contributed by atoms with Crippen molar-refractivity contribution in [3.05, 3.63) is 33.8 Å². The number of hydrogen-bond donors (Lipinski definition) is 2. The highest BCUT2D eigenvalue weighted by Crippen LogP contribution is 2.22. The fourth-order valence-corrected chi connectivity index (χ4v) is 2.56. The van der Waals surface area contributed by atoms with Crippen molar-refractivity contribution < 1.29 is 4.79 Å². The maximum atomic E-state index is 11.9. The second-order valence-electron chi connectivity index (χ2n) is 5.37. The molecule has 3 nitrogen and oxygen atoms in total. The molecule has 3 N–H and O–H groups in total. The van der Waals surface area contributed by atoms with Gasteiger partial charge in [0, 0.05) is 29.1 Å². The van der Waals surface area contributed by atoms with E-state index in [0.29, 0.717) is 35.3 Å². The van der Waals surface area contributed by atoms with Crippen molar-refractivity contribution in [1.82, 2.24) is 5.32 Å². The van der Waals surface area contributed by atoms with Crippen LogP contribution in [-0.2, 0) is 11.2 Å². The van der Waals surface area contributed by atoms with Gasteiger partial charge in [-0.3, -0.25) is 4.79 Å². The average molecular weight is 317 g/mol. The van der Waals surface area contributed by atoms with Gasteiger partial charge in [0.15, 0.2) is 0 Å². The molecule has 1 amide bonds. The summed E-state index contributed by atoms with van der Waals surface area (Å²) in [5, 5.41) is 4.17. The van der Waals surface area contributed by atoms with Crippen LogP contribution in [0.1, 0.15) is 32.3 Å². The minimum absolute atomic E-state index is 0.00659. The van der Waals surface area contributed by atoms with Crippen molar-refractivity contribution in [2.45, 2.75) is 39.2 Å². The molecule has 0 aliphatic carbocycles. The second kappa shape index (κ2) is 8.50. The van der Waals surface area contributed by atoms with Gasteiger partial charge in [0.05, 0.1) is 0 Å². The molecular formula is C15H22Cl2N2O. The Labute approximate surface area is 130 Å². The Kier molecular flexibility index (Phi) is 7.35. The van der Waals surface area contributed by atoms with Crippen molar-refractivity contribution in [3.8, 4) is 0 Å². The van der Waals surface area contributed by atoms with E-state index in [4.69, 9.17) is 28.9 Å². The molecule has 1 rings (SSSR count). The molecule has 1 atom stereocenters. The van der Waals surface area contributed by atoms with E-state index in [9.17, 15) is 4.79 Å². The third kappa shape index (κ3) is 6.12. The first-order chi connectivity index (χ1) is 9.42. The third-order valence-electron chi connectivity index (χ3n) is 3.04. The number of nitrogens with two attached hydrogens (primary N) is 1. The molecule has 20 heavy (non-hydrogen) atoms. The molecule has 0 aromatic heterocycles. The smallest absolute Gasteiger partial charge is 0.220 e. The van der Waals surface area contributed by atoms with Crippen molar-refractivity contribution in [1.29, 1.82) is 0 Å². The molecule has 0 fully saturated rings. The molecule has 0 aliphatic rings. The zero-order chi connectivity index (χ0) is 15.1. The molecule has 0 aliphatic heterocycles. The van der Waals surface area contributed by atoms with Crippen LogP contribution in [0.4, 0.5) is 0 Å². The Hall–Kier alpha value is -0.770. The lowest BCUT2D eigenvalue weighted by atomic mass is 10.0. The van der Waals surface area contributed by atoms with Crippen LogP contribution in [0.2, 0.25) is 10.0 Å². The van der Waals surface area contributed by atoms with E-state index in [1.54, 1.807) is 12.1 Å². The number of hydrogen-bond acceptors (Lipinski definition) is 2. The molecule has 0 heterocycles. The van der Waals surface area contributed by atoms with Crippen molar-refractivity contribution in [2.24, 2.45) is 11.7 Å². The Morgan fingerprint density at radius 3 is 2.60 bits per heavy atom. The number of halogens is 2. The van der Waals surface area contributed by atoms with E-state index < -0.39 is 0 Å². The average Bonchev–Trinajstić information content (AvgIpc) is 2.36. The van der Waals surface area contributed by atoms with E-state index in [2.05, 4.69) is 19.2 Å². The molecule has 5 heteroatoms. The molecular weight excluding hydrogens is 295 g/mol. The number of amides is 1. The van der Waals surface area contributed by atoms with Gasteiger partial charge in [0.25, 0.3) is 0 Å². The van der Waals surface area contributed by atoms with Gasteiger partial charge in [-0.2, -0.15) is 0 Å². The minimum atomic E-state index is 0.00659. The van der Waals surface area contributed by atoms with E-state index in [1.165, 1.54) is 0 Å². The van der Waals surface area contributed by atoms with Gasteiger partial charge >= 0.3 is 0 Å². The van der Waals surface area contributed by atoms with Crippen LogP contribution in [0.5, 0.6) is 0 Å². The molecule has 0 spiro atoms. The monoisotopic (exact) mass is 316 g/mol. The normalized spacial score (nSPS) is 12.5. The van der Waals surface area contributed by atoms with Gasteiger partial charge in [-0.05, 0) is 36.5 Å². The molecule has 1 aromatic carbocycles. The van der Waals surface area contributed by atoms with Crippen LogP contribution in [-0.4, -0.2) is 18.5 Å². The summed E-state index contributed by atoms with van der Waals surface area (Å²) in [7, 11) is 0. The molecule has 112 valence electrons. The maximum Gasteiger partial charge on any atom is 0.220 e. The fourth-order valence-electron chi connectivity index (χ4n) is 2.06. The highest BCUT2D eigenvalue weighted by Gasteiger charge is 2.13. The predicted molar refractivity (Wildman–Crippen MR) is 85.2 cm³/mol. The van der Waals surface area contributed by atoms with Crippen LogP contribution in [0.3, 0.4) is 0 Å². The number of nitrogens with one attached hydrogen (secondary N) is 1. The van der Waals surface area contributed by atoms with E-state index in [0.717, 1.165) is 12.0 Å². The van der Waals surface area contributed by atoms with Crippen LogP contribution in [0, 0.1) is 5.92 Å². The molecule has 0 bridgehead atoms. The lowest BCUT2D eigenvalue weighted by molar-refractivity contribution is -0.121. The molecule has 1 unspecified atom stereocenters. The van der Waals surface area contributed by atoms with Crippen molar-refractivity contribution in [3.63, 3.8) is 0 Å². The third-order valence-corrected chi connectivity index (χ3v) is 3.63. The lowest BCUT2D eigenvalue weighted by Crippen LogP contribution is -2.41. The van der Waals surface area contributed by atoms with Crippen molar-refractivity contribution in [2.75, 3.05) is 6.54 Å². The summed E-state index contributed by atoms with van der Waals surface area (Å²) >= 11 is 11.9. The first-order valence-electron chi connectivity index (χ1n) is 6.85. The summed E-state index contributed by atoms with van der Waals surface area (Å²) in [5.74, 6) is 0.515. The van der Waals surface area contributed by atoms with Gasteiger partial charge in [-0.1, -0.05) is 43.1 Å². The SMILES string of the molecule is CC(C)CC(CN)NC(=O)CCc1ccc(Cl)cc1Cl. The maximum absolute atomic E-state index is 11.9. The van der Waals surface area contributed by atoms with Gasteiger partial charge in [-0.25, -0.2) is 0 Å². The predicted octanol–water partition coefficient (Wildman–Crippen LogP) is 3.42. The van der Waals surface area contributed by atoms with Gasteiger partial charge in [0.2, 0.25) is 5.91 Å². The molecule has 0 saturated heterocycles. The van der Waals surface area contributed by atoms with Crippen LogP contribution in [0.25, 0.3) is 0 Å². The summed E-state index contributed by atoms with van der Waals surface area (Å²) in [5.41, 5.74) is 6.60. The Bertz CT molecular complexity index is 449. The van der Waals surface area contributed by atoms with Crippen LogP contribution in [0.15, 0.2) is 18.2 Å². The first kappa shape index (κ1) is 17.3. The molecule has 0 radical (unpaired) electrons. The summed E-state index contributed by atoms with van der Waals surface area (Å²) in [6.45, 7) is 4.69. The lowest BCUT2D eigenvalue weighted by Gasteiger charge is -2.18. The molecule has 0 saturated carbocycles. The Morgan fingerprint density at radius 1 is 1.35 bits per heavy atom. The zero-order valence-corrected chi connectivity index (χ0v) is 13.5.